The summed E-state index contributed by atoms with van der Waals surface area (Å²) in [6.07, 6.45) is -1.96. The normalized spacial score (nSPS) is 11.6. The second-order valence-corrected chi connectivity index (χ2v) is 5.47. The molecule has 6 heteroatoms. The Morgan fingerprint density at radius 1 is 0.917 bits per heavy atom. The fraction of sp³-hybridized carbons (Fsp3) is 0.333. The van der Waals surface area contributed by atoms with E-state index in [0.29, 0.717) is 17.9 Å². The summed E-state index contributed by atoms with van der Waals surface area (Å²) in [6.45, 7) is 1.88. The molecule has 0 radical (unpaired) electrons. The average molecular weight is 344 g/mol. The number of halogens is 5. The van der Waals surface area contributed by atoms with Gasteiger partial charge in [0.1, 0.15) is 29.6 Å². The lowest BCUT2D eigenvalue weighted by Crippen LogP contribution is -2.12. The maximum Gasteiger partial charge on any atom is 0.422 e. The zero-order chi connectivity index (χ0) is 17.7. The van der Waals surface area contributed by atoms with E-state index in [1.165, 1.54) is 0 Å². The number of hydrogen-bond donors (Lipinski definition) is 0. The Labute approximate surface area is 137 Å². The topological polar surface area (TPSA) is 9.23 Å². The lowest BCUT2D eigenvalue weighted by atomic mass is 10.1. The summed E-state index contributed by atoms with van der Waals surface area (Å²) in [5.41, 5.74) is -0.740. The maximum atomic E-state index is 13.5. The Hall–Kier alpha value is -2.11. The van der Waals surface area contributed by atoms with Gasteiger partial charge in [0.05, 0.1) is 0 Å². The Morgan fingerprint density at radius 2 is 1.50 bits per heavy atom. The maximum absolute atomic E-state index is 13.5. The van der Waals surface area contributed by atoms with E-state index in [1.807, 2.05) is 12.1 Å². The average Bonchev–Trinajstić information content (AvgIpc) is 2.50. The van der Waals surface area contributed by atoms with Gasteiger partial charge in [-0.1, -0.05) is 25.5 Å². The minimum atomic E-state index is -5.07. The van der Waals surface area contributed by atoms with Crippen LogP contribution in [0.15, 0.2) is 36.4 Å². The second-order valence-electron chi connectivity index (χ2n) is 5.47. The SMILES string of the molecule is CCCCc1ccc(OCc2cc(F)c(C(F)(F)F)c(F)c2)cc1. The van der Waals surface area contributed by atoms with Gasteiger partial charge in [-0.3, -0.25) is 0 Å². The predicted molar refractivity (Wildman–Crippen MR) is 80.7 cm³/mol. The molecule has 2 rings (SSSR count). The third-order valence-corrected chi connectivity index (χ3v) is 3.53. The van der Waals surface area contributed by atoms with Crippen molar-refractivity contribution in [1.29, 1.82) is 0 Å². The van der Waals surface area contributed by atoms with Crippen molar-refractivity contribution < 1.29 is 26.7 Å². The summed E-state index contributed by atoms with van der Waals surface area (Å²) < 4.78 is 69.9. The molecule has 0 N–H and O–H groups in total. The lowest BCUT2D eigenvalue weighted by molar-refractivity contribution is -0.142. The van der Waals surface area contributed by atoms with Crippen molar-refractivity contribution >= 4 is 0 Å². The number of benzene rings is 2. The van der Waals surface area contributed by atoms with E-state index in [1.54, 1.807) is 12.1 Å². The molecule has 1 nitrogen and oxygen atoms in total. The molecular formula is C18H17F5O. The van der Waals surface area contributed by atoms with Gasteiger partial charge in [0.2, 0.25) is 0 Å². The molecule has 2 aromatic carbocycles. The van der Waals surface area contributed by atoms with Crippen molar-refractivity contribution in [2.24, 2.45) is 0 Å². The number of ether oxygens (including phenoxy) is 1. The highest BCUT2D eigenvalue weighted by molar-refractivity contribution is 5.30. The van der Waals surface area contributed by atoms with Crippen molar-refractivity contribution in [1.82, 2.24) is 0 Å². The van der Waals surface area contributed by atoms with Gasteiger partial charge >= 0.3 is 6.18 Å². The molecule has 0 fully saturated rings. The fourth-order valence-corrected chi connectivity index (χ4v) is 2.28. The van der Waals surface area contributed by atoms with E-state index in [-0.39, 0.29) is 12.2 Å². The largest absolute Gasteiger partial charge is 0.489 e. The smallest absolute Gasteiger partial charge is 0.422 e. The van der Waals surface area contributed by atoms with Gasteiger partial charge in [0.25, 0.3) is 0 Å². The van der Waals surface area contributed by atoms with Crippen LogP contribution in [0.2, 0.25) is 0 Å². The van der Waals surface area contributed by atoms with Gasteiger partial charge in [-0.15, -0.1) is 0 Å². The molecule has 0 aliphatic rings. The molecular weight excluding hydrogens is 327 g/mol. The summed E-state index contributed by atoms with van der Waals surface area (Å²) in [4.78, 5) is 0. The summed E-state index contributed by atoms with van der Waals surface area (Å²) in [6, 6.07) is 8.50. The Morgan fingerprint density at radius 3 is 2.00 bits per heavy atom. The molecule has 0 saturated heterocycles. The molecule has 0 aromatic heterocycles. The zero-order valence-corrected chi connectivity index (χ0v) is 13.1. The van der Waals surface area contributed by atoms with Crippen molar-refractivity contribution in [3.05, 3.63) is 64.7 Å². The quantitative estimate of drug-likeness (QED) is 0.592. The first-order chi connectivity index (χ1) is 11.3. The Kier molecular flexibility index (Phi) is 5.80. The van der Waals surface area contributed by atoms with Crippen LogP contribution in [-0.2, 0) is 19.2 Å². The lowest BCUT2D eigenvalue weighted by Gasteiger charge is -2.12. The number of unbranched alkanes of at least 4 members (excludes halogenated alkanes) is 1. The highest BCUT2D eigenvalue weighted by Crippen LogP contribution is 2.34. The van der Waals surface area contributed by atoms with Gasteiger partial charge in [-0.05, 0) is 48.2 Å². The van der Waals surface area contributed by atoms with Gasteiger partial charge in [-0.2, -0.15) is 13.2 Å². The molecule has 0 heterocycles. The van der Waals surface area contributed by atoms with Crippen LogP contribution >= 0.6 is 0 Å². The van der Waals surface area contributed by atoms with E-state index >= 15 is 0 Å². The molecule has 130 valence electrons. The molecule has 0 aliphatic heterocycles. The van der Waals surface area contributed by atoms with Crippen molar-refractivity contribution in [3.8, 4) is 5.75 Å². The molecule has 24 heavy (non-hydrogen) atoms. The van der Waals surface area contributed by atoms with Crippen LogP contribution in [0.1, 0.15) is 36.5 Å². The highest BCUT2D eigenvalue weighted by Gasteiger charge is 2.37. The van der Waals surface area contributed by atoms with Crippen LogP contribution in [0.25, 0.3) is 0 Å². The van der Waals surface area contributed by atoms with E-state index in [2.05, 4.69) is 6.92 Å². The number of hydrogen-bond acceptors (Lipinski definition) is 1. The van der Waals surface area contributed by atoms with Crippen LogP contribution in [0, 0.1) is 11.6 Å². The summed E-state index contributed by atoms with van der Waals surface area (Å²) in [5, 5.41) is 0. The third-order valence-electron chi connectivity index (χ3n) is 3.53. The van der Waals surface area contributed by atoms with Crippen LogP contribution in [0.4, 0.5) is 22.0 Å². The molecule has 2 aromatic rings. The zero-order valence-electron chi connectivity index (χ0n) is 13.1. The van der Waals surface area contributed by atoms with Gasteiger partial charge in [0, 0.05) is 0 Å². The minimum absolute atomic E-state index is 0.00643. The summed E-state index contributed by atoms with van der Waals surface area (Å²) >= 11 is 0. The van der Waals surface area contributed by atoms with Gasteiger partial charge in [-0.25, -0.2) is 8.78 Å². The Bertz CT molecular complexity index is 654. The molecule has 0 bridgehead atoms. The van der Waals surface area contributed by atoms with E-state index in [4.69, 9.17) is 4.74 Å². The van der Waals surface area contributed by atoms with Gasteiger partial charge < -0.3 is 4.74 Å². The molecule has 0 unspecified atom stereocenters. The Balaban J connectivity index is 2.04. The molecule has 0 atom stereocenters. The number of aryl methyl sites for hydroxylation is 1. The molecule has 0 aliphatic carbocycles. The van der Waals surface area contributed by atoms with Crippen molar-refractivity contribution in [3.63, 3.8) is 0 Å². The fourth-order valence-electron chi connectivity index (χ4n) is 2.28. The first-order valence-corrected chi connectivity index (χ1v) is 7.58. The first-order valence-electron chi connectivity index (χ1n) is 7.58. The number of alkyl halides is 3. The van der Waals surface area contributed by atoms with E-state index in [9.17, 15) is 22.0 Å². The van der Waals surface area contributed by atoms with Crippen LogP contribution in [0.5, 0.6) is 5.75 Å². The van der Waals surface area contributed by atoms with Crippen LogP contribution in [-0.4, -0.2) is 0 Å². The van der Waals surface area contributed by atoms with Crippen molar-refractivity contribution in [2.75, 3.05) is 0 Å². The van der Waals surface area contributed by atoms with Crippen LogP contribution < -0.4 is 4.74 Å². The monoisotopic (exact) mass is 344 g/mol. The first kappa shape index (κ1) is 18.2. The molecule has 0 amide bonds. The molecule has 0 saturated carbocycles. The van der Waals surface area contributed by atoms with E-state index < -0.39 is 23.4 Å². The molecule has 0 spiro atoms. The van der Waals surface area contributed by atoms with Gasteiger partial charge in [0.15, 0.2) is 0 Å². The highest BCUT2D eigenvalue weighted by atomic mass is 19.4. The second kappa shape index (κ2) is 7.64. The summed E-state index contributed by atoms with van der Waals surface area (Å²) in [7, 11) is 0. The van der Waals surface area contributed by atoms with Crippen LogP contribution in [0.3, 0.4) is 0 Å². The minimum Gasteiger partial charge on any atom is -0.489 e. The standard InChI is InChI=1S/C18H17F5O/c1-2-3-4-12-5-7-14(8-6-12)24-11-13-9-15(19)17(16(20)10-13)18(21,22)23/h5-10H,2-4,11H2,1H3. The third kappa shape index (κ3) is 4.69. The van der Waals surface area contributed by atoms with E-state index in [0.717, 1.165) is 24.8 Å². The summed E-state index contributed by atoms with van der Waals surface area (Å²) in [5.74, 6) is -2.80. The number of rotatable bonds is 6. The predicted octanol–water partition coefficient (Wildman–Crippen LogP) is 5.91. The van der Waals surface area contributed by atoms with Crippen molar-refractivity contribution in [2.45, 2.75) is 39.0 Å².